The molecule has 2 amide bonds. The maximum atomic E-state index is 13.8. The summed E-state index contributed by atoms with van der Waals surface area (Å²) in [5.74, 6) is -6.13. The van der Waals surface area contributed by atoms with E-state index in [-0.39, 0.29) is 41.3 Å². The van der Waals surface area contributed by atoms with E-state index in [9.17, 15) is 32.7 Å². The largest absolute Gasteiger partial charge is 1.00 e. The Morgan fingerprint density at radius 2 is 1.84 bits per heavy atom. The van der Waals surface area contributed by atoms with Gasteiger partial charge in [-0.2, -0.15) is 0 Å². The Bertz CT molecular complexity index is 1100. The summed E-state index contributed by atoms with van der Waals surface area (Å²) in [6, 6.07) is 0.696. The van der Waals surface area contributed by atoms with Crippen molar-refractivity contribution in [1.82, 2.24) is 14.8 Å². The zero-order valence-electron chi connectivity index (χ0n) is 16.7. The van der Waals surface area contributed by atoms with Gasteiger partial charge in [0.1, 0.15) is 28.7 Å². The van der Waals surface area contributed by atoms with Crippen molar-refractivity contribution in [2.45, 2.75) is 31.8 Å². The van der Waals surface area contributed by atoms with Crippen LogP contribution in [0.25, 0.3) is 0 Å². The van der Waals surface area contributed by atoms with Gasteiger partial charge in [0.25, 0.3) is 11.8 Å². The van der Waals surface area contributed by atoms with Crippen molar-refractivity contribution in [1.29, 1.82) is 0 Å². The molecule has 31 heavy (non-hydrogen) atoms. The first-order chi connectivity index (χ1) is 14.3. The SMILES string of the molecule is O=C(NCc1c(F)cc(F)cc1F)c1cn2c(c([O-])c1=O)C(=O)N1CCCC[C@H]2C1.[Na+]. The number of carbonyl (C=O) groups excluding carboxylic acids is 2. The van der Waals surface area contributed by atoms with Gasteiger partial charge in [-0.25, -0.2) is 13.2 Å². The molecule has 3 heterocycles. The third kappa shape index (κ3) is 4.24. The molecule has 1 N–H and O–H groups in total. The average molecular weight is 443 g/mol. The van der Waals surface area contributed by atoms with Crippen molar-refractivity contribution in [3.05, 3.63) is 62.8 Å². The predicted octanol–water partition coefficient (Wildman–Crippen LogP) is -1.55. The van der Waals surface area contributed by atoms with Gasteiger partial charge in [0.05, 0.1) is 6.04 Å². The molecule has 0 unspecified atom stereocenters. The molecule has 2 aliphatic heterocycles. The predicted molar refractivity (Wildman–Crippen MR) is 96.4 cm³/mol. The number of amides is 2. The van der Waals surface area contributed by atoms with Gasteiger partial charge < -0.3 is 19.9 Å². The van der Waals surface area contributed by atoms with E-state index in [1.54, 1.807) is 0 Å². The summed E-state index contributed by atoms with van der Waals surface area (Å²) in [5, 5.41) is 14.8. The Labute approximate surface area is 197 Å². The van der Waals surface area contributed by atoms with Crippen LogP contribution in [-0.2, 0) is 6.54 Å². The Kier molecular flexibility index (Phi) is 6.82. The van der Waals surface area contributed by atoms with Gasteiger partial charge in [0.15, 0.2) is 5.43 Å². The molecule has 158 valence electrons. The maximum absolute atomic E-state index is 13.8. The minimum Gasteiger partial charge on any atom is -0.868 e. The van der Waals surface area contributed by atoms with Gasteiger partial charge in [-0.1, -0.05) is 0 Å². The van der Waals surface area contributed by atoms with Crippen molar-refractivity contribution in [3.8, 4) is 5.75 Å². The molecule has 0 spiro atoms. The first-order valence-corrected chi connectivity index (χ1v) is 9.45. The second-order valence-electron chi connectivity index (χ2n) is 7.39. The average Bonchev–Trinajstić information content (AvgIpc) is 2.91. The molecule has 2 aliphatic rings. The number of pyridine rings is 1. The van der Waals surface area contributed by atoms with E-state index in [2.05, 4.69) is 5.32 Å². The molecule has 1 aromatic carbocycles. The minimum atomic E-state index is -1.19. The van der Waals surface area contributed by atoms with Crippen LogP contribution in [0.5, 0.6) is 5.75 Å². The standard InChI is InChI=1S/C20H18F3N3O4.Na/c21-10-5-14(22)12(15(23)6-10)7-24-19(29)13-9-26-11-3-1-2-4-25(8-11)20(30)16(26)18(28)17(13)27;/h5-6,9,11,28H,1-4,7-8H2,(H,24,29);/q;+1/p-1/t11-;/m0./s1. The molecule has 7 nitrogen and oxygen atoms in total. The Balaban J connectivity index is 0.00000272. The van der Waals surface area contributed by atoms with Crippen molar-refractivity contribution >= 4 is 11.8 Å². The third-order valence-electron chi connectivity index (χ3n) is 5.50. The Morgan fingerprint density at radius 3 is 2.52 bits per heavy atom. The van der Waals surface area contributed by atoms with Crippen LogP contribution in [0.4, 0.5) is 13.2 Å². The number of carbonyl (C=O) groups is 2. The van der Waals surface area contributed by atoms with E-state index >= 15 is 0 Å². The summed E-state index contributed by atoms with van der Waals surface area (Å²) in [7, 11) is 0. The van der Waals surface area contributed by atoms with Crippen LogP contribution in [0.1, 0.15) is 51.7 Å². The Hall–Kier alpha value is -2.30. The quantitative estimate of drug-likeness (QED) is 0.582. The topological polar surface area (TPSA) is 94.5 Å². The number of fused-ring (bicyclic) bond motifs is 4. The molecule has 2 aromatic rings. The number of hydrogen-bond acceptors (Lipinski definition) is 4. The number of hydrogen-bond donors (Lipinski definition) is 1. The van der Waals surface area contributed by atoms with Crippen LogP contribution >= 0.6 is 0 Å². The molecule has 0 saturated carbocycles. The fraction of sp³-hybridized carbons (Fsp3) is 0.350. The molecule has 0 aliphatic carbocycles. The van der Waals surface area contributed by atoms with E-state index < -0.39 is 58.1 Å². The van der Waals surface area contributed by atoms with Gasteiger partial charge in [-0.3, -0.25) is 14.4 Å². The van der Waals surface area contributed by atoms with Crippen LogP contribution in [0, 0.1) is 17.5 Å². The molecule has 1 aromatic heterocycles. The van der Waals surface area contributed by atoms with E-state index in [0.29, 0.717) is 31.6 Å². The molecule has 1 fully saturated rings. The molecular formula is C20H17F3N3NaO4. The molecule has 11 heteroatoms. The first-order valence-electron chi connectivity index (χ1n) is 9.45. The first kappa shape index (κ1) is 23.4. The van der Waals surface area contributed by atoms with Gasteiger partial charge in [-0.15, -0.1) is 0 Å². The summed E-state index contributed by atoms with van der Waals surface area (Å²) in [6.45, 7) is 0.226. The van der Waals surface area contributed by atoms with Crippen LogP contribution < -0.4 is 45.4 Å². The Morgan fingerprint density at radius 1 is 1.16 bits per heavy atom. The molecule has 1 saturated heterocycles. The number of nitrogens with zero attached hydrogens (tertiary/aromatic N) is 2. The molecule has 0 radical (unpaired) electrons. The van der Waals surface area contributed by atoms with Crippen LogP contribution in [0.3, 0.4) is 0 Å². The van der Waals surface area contributed by atoms with Crippen LogP contribution in [-0.4, -0.2) is 34.4 Å². The van der Waals surface area contributed by atoms with Crippen molar-refractivity contribution in [2.24, 2.45) is 0 Å². The van der Waals surface area contributed by atoms with E-state index in [0.717, 1.165) is 19.0 Å². The van der Waals surface area contributed by atoms with E-state index in [1.165, 1.54) is 9.47 Å². The molecule has 4 rings (SSSR count). The minimum absolute atomic E-state index is 0. The second kappa shape index (κ2) is 9.05. The van der Waals surface area contributed by atoms with Gasteiger partial charge in [0.2, 0.25) is 0 Å². The number of nitrogens with one attached hydrogen (secondary N) is 1. The monoisotopic (exact) mass is 443 g/mol. The second-order valence-corrected chi connectivity index (χ2v) is 7.39. The fourth-order valence-corrected chi connectivity index (χ4v) is 3.95. The summed E-state index contributed by atoms with van der Waals surface area (Å²) >= 11 is 0. The number of rotatable bonds is 3. The number of aromatic nitrogens is 1. The molecule has 2 bridgehead atoms. The third-order valence-corrected chi connectivity index (χ3v) is 5.50. The van der Waals surface area contributed by atoms with Crippen molar-refractivity contribution in [3.63, 3.8) is 0 Å². The van der Waals surface area contributed by atoms with E-state index in [4.69, 9.17) is 0 Å². The summed E-state index contributed by atoms with van der Waals surface area (Å²) < 4.78 is 41.9. The molecule has 1 atom stereocenters. The van der Waals surface area contributed by atoms with Crippen LogP contribution in [0.15, 0.2) is 23.1 Å². The van der Waals surface area contributed by atoms with Crippen molar-refractivity contribution < 1.29 is 57.4 Å². The van der Waals surface area contributed by atoms with Crippen LogP contribution in [0.2, 0.25) is 0 Å². The smallest absolute Gasteiger partial charge is 0.868 e. The summed E-state index contributed by atoms with van der Waals surface area (Å²) in [4.78, 5) is 39.1. The zero-order chi connectivity index (χ0) is 21.6. The number of benzene rings is 1. The van der Waals surface area contributed by atoms with E-state index in [1.807, 2.05) is 0 Å². The number of halogens is 3. The fourth-order valence-electron chi connectivity index (χ4n) is 3.95. The normalized spacial score (nSPS) is 17.5. The summed E-state index contributed by atoms with van der Waals surface area (Å²) in [6.07, 6.45) is 3.43. The van der Waals surface area contributed by atoms with Gasteiger partial charge in [0, 0.05) is 43.5 Å². The maximum Gasteiger partial charge on any atom is 1.00 e. The van der Waals surface area contributed by atoms with Crippen molar-refractivity contribution in [2.75, 3.05) is 13.1 Å². The summed E-state index contributed by atoms with van der Waals surface area (Å²) in [5.41, 5.74) is -2.53. The zero-order valence-corrected chi connectivity index (χ0v) is 18.7. The molecular weight excluding hydrogens is 426 g/mol. The van der Waals surface area contributed by atoms with Gasteiger partial charge >= 0.3 is 29.6 Å². The van der Waals surface area contributed by atoms with Gasteiger partial charge in [-0.05, 0) is 25.0 Å².